The first kappa shape index (κ1) is 17.7. The minimum Gasteiger partial charge on any atom is -0.444 e. The van der Waals surface area contributed by atoms with Gasteiger partial charge in [-0.05, 0) is 27.2 Å². The number of rotatable bonds is 6. The SMILES string of the molecule is CCCC[C@@H](CC(=O)N(C)O)NC(=O)OC(C)(C)C. The van der Waals surface area contributed by atoms with E-state index in [0.29, 0.717) is 11.5 Å². The van der Waals surface area contributed by atoms with Gasteiger partial charge in [0, 0.05) is 19.5 Å². The van der Waals surface area contributed by atoms with Crippen molar-refractivity contribution in [3.8, 4) is 0 Å². The van der Waals surface area contributed by atoms with Gasteiger partial charge in [-0.3, -0.25) is 10.0 Å². The normalized spacial score (nSPS) is 12.7. The Balaban J connectivity index is 4.42. The average molecular weight is 274 g/mol. The smallest absolute Gasteiger partial charge is 0.407 e. The molecule has 0 fully saturated rings. The van der Waals surface area contributed by atoms with Gasteiger partial charge in [0.1, 0.15) is 5.60 Å². The lowest BCUT2D eigenvalue weighted by atomic mass is 10.1. The zero-order chi connectivity index (χ0) is 15.1. The van der Waals surface area contributed by atoms with Crippen molar-refractivity contribution in [3.63, 3.8) is 0 Å². The molecule has 0 heterocycles. The molecule has 0 rings (SSSR count). The molecule has 0 radical (unpaired) electrons. The minimum absolute atomic E-state index is 0.0617. The average Bonchev–Trinajstić information content (AvgIpc) is 2.22. The van der Waals surface area contributed by atoms with E-state index in [4.69, 9.17) is 9.94 Å². The highest BCUT2D eigenvalue weighted by atomic mass is 16.6. The zero-order valence-corrected chi connectivity index (χ0v) is 12.5. The number of nitrogens with one attached hydrogen (secondary N) is 1. The molecule has 0 aliphatic carbocycles. The van der Waals surface area contributed by atoms with Crippen molar-refractivity contribution in [3.05, 3.63) is 0 Å². The molecular weight excluding hydrogens is 248 g/mol. The monoisotopic (exact) mass is 274 g/mol. The number of alkyl carbamates (subject to hydrolysis) is 1. The summed E-state index contributed by atoms with van der Waals surface area (Å²) in [6.07, 6.45) is 2.06. The maximum absolute atomic E-state index is 11.7. The van der Waals surface area contributed by atoms with Crippen LogP contribution in [-0.4, -0.2) is 41.0 Å². The number of hydrogen-bond acceptors (Lipinski definition) is 4. The summed E-state index contributed by atoms with van der Waals surface area (Å²) >= 11 is 0. The van der Waals surface area contributed by atoms with Crippen LogP contribution in [0.3, 0.4) is 0 Å². The van der Waals surface area contributed by atoms with Crippen molar-refractivity contribution < 1.29 is 19.5 Å². The van der Waals surface area contributed by atoms with Gasteiger partial charge in [0.15, 0.2) is 0 Å². The second-order valence-electron chi connectivity index (χ2n) is 5.61. The van der Waals surface area contributed by atoms with Gasteiger partial charge in [0.25, 0.3) is 0 Å². The standard InChI is InChI=1S/C13H26N2O4/c1-6-7-8-10(9-11(16)15(5)18)14-12(17)19-13(2,3)4/h10,18H,6-9H2,1-5H3,(H,14,17)/t10-/m0/s1. The van der Waals surface area contributed by atoms with Crippen molar-refractivity contribution in [2.24, 2.45) is 0 Å². The maximum Gasteiger partial charge on any atom is 0.407 e. The first-order chi connectivity index (χ1) is 8.65. The summed E-state index contributed by atoms with van der Waals surface area (Å²) in [6.45, 7) is 7.37. The van der Waals surface area contributed by atoms with Crippen LogP contribution in [0.2, 0.25) is 0 Å². The second kappa shape index (κ2) is 7.99. The number of amides is 2. The van der Waals surface area contributed by atoms with E-state index in [1.54, 1.807) is 20.8 Å². The van der Waals surface area contributed by atoms with Gasteiger partial charge in [-0.15, -0.1) is 0 Å². The Bertz CT molecular complexity index is 298. The van der Waals surface area contributed by atoms with E-state index in [1.807, 2.05) is 6.92 Å². The molecular formula is C13H26N2O4. The Morgan fingerprint density at radius 3 is 2.37 bits per heavy atom. The molecule has 0 aromatic heterocycles. The molecule has 0 aromatic carbocycles. The molecule has 0 aromatic rings. The van der Waals surface area contributed by atoms with Crippen molar-refractivity contribution in [1.29, 1.82) is 0 Å². The molecule has 0 saturated carbocycles. The highest BCUT2D eigenvalue weighted by molar-refractivity contribution is 5.76. The van der Waals surface area contributed by atoms with E-state index in [-0.39, 0.29) is 12.5 Å². The number of ether oxygens (including phenoxy) is 1. The molecule has 0 aliphatic rings. The maximum atomic E-state index is 11.7. The van der Waals surface area contributed by atoms with Crippen molar-refractivity contribution in [1.82, 2.24) is 10.4 Å². The van der Waals surface area contributed by atoms with Gasteiger partial charge < -0.3 is 10.1 Å². The highest BCUT2D eigenvalue weighted by Crippen LogP contribution is 2.10. The van der Waals surface area contributed by atoms with E-state index in [2.05, 4.69) is 5.32 Å². The largest absolute Gasteiger partial charge is 0.444 e. The van der Waals surface area contributed by atoms with Crippen molar-refractivity contribution in [2.45, 2.75) is 65.0 Å². The van der Waals surface area contributed by atoms with Crippen LogP contribution in [0, 0.1) is 0 Å². The number of unbranched alkanes of at least 4 members (excludes halogenated alkanes) is 1. The molecule has 2 N–H and O–H groups in total. The summed E-state index contributed by atoms with van der Waals surface area (Å²) in [5, 5.41) is 12.3. The fraction of sp³-hybridized carbons (Fsp3) is 0.846. The summed E-state index contributed by atoms with van der Waals surface area (Å²) in [5.41, 5.74) is -0.572. The Labute approximate surface area is 115 Å². The van der Waals surface area contributed by atoms with Crippen LogP contribution in [0.1, 0.15) is 53.4 Å². The number of hydroxylamine groups is 2. The van der Waals surface area contributed by atoms with Crippen molar-refractivity contribution in [2.75, 3.05) is 7.05 Å². The van der Waals surface area contributed by atoms with Crippen LogP contribution < -0.4 is 5.32 Å². The van der Waals surface area contributed by atoms with E-state index < -0.39 is 17.6 Å². The fourth-order valence-electron chi connectivity index (χ4n) is 1.49. The second-order valence-corrected chi connectivity index (χ2v) is 5.61. The molecule has 112 valence electrons. The van der Waals surface area contributed by atoms with Crippen LogP contribution >= 0.6 is 0 Å². The predicted octanol–water partition coefficient (Wildman–Crippen LogP) is 2.31. The van der Waals surface area contributed by atoms with Gasteiger partial charge in [0.2, 0.25) is 5.91 Å². The lowest BCUT2D eigenvalue weighted by Gasteiger charge is -2.24. The third kappa shape index (κ3) is 9.30. The Kier molecular flexibility index (Phi) is 7.44. The molecule has 0 bridgehead atoms. The van der Waals surface area contributed by atoms with Gasteiger partial charge >= 0.3 is 6.09 Å². The summed E-state index contributed by atoms with van der Waals surface area (Å²) in [6, 6.07) is -0.322. The first-order valence-electron chi connectivity index (χ1n) is 6.60. The summed E-state index contributed by atoms with van der Waals surface area (Å²) in [7, 11) is 1.27. The first-order valence-corrected chi connectivity index (χ1v) is 6.60. The molecule has 2 amide bonds. The van der Waals surface area contributed by atoms with Gasteiger partial charge in [-0.2, -0.15) is 0 Å². The minimum atomic E-state index is -0.572. The molecule has 1 atom stereocenters. The van der Waals surface area contributed by atoms with E-state index in [0.717, 1.165) is 12.8 Å². The topological polar surface area (TPSA) is 78.9 Å². The predicted molar refractivity (Wildman–Crippen MR) is 71.9 cm³/mol. The molecule has 0 spiro atoms. The molecule has 0 saturated heterocycles. The third-order valence-electron chi connectivity index (χ3n) is 2.41. The Morgan fingerprint density at radius 2 is 1.95 bits per heavy atom. The molecule has 0 aliphatic heterocycles. The molecule has 6 heteroatoms. The van der Waals surface area contributed by atoms with Crippen LogP contribution in [0.15, 0.2) is 0 Å². The number of hydrogen-bond donors (Lipinski definition) is 2. The summed E-state index contributed by atoms with van der Waals surface area (Å²) in [4.78, 5) is 23.1. The third-order valence-corrected chi connectivity index (χ3v) is 2.41. The highest BCUT2D eigenvalue weighted by Gasteiger charge is 2.21. The summed E-state index contributed by atoms with van der Waals surface area (Å²) in [5.74, 6) is -0.433. The van der Waals surface area contributed by atoms with Crippen LogP contribution in [-0.2, 0) is 9.53 Å². The Hall–Kier alpha value is -1.30. The fourth-order valence-corrected chi connectivity index (χ4v) is 1.49. The number of nitrogens with zero attached hydrogens (tertiary/aromatic N) is 1. The van der Waals surface area contributed by atoms with E-state index in [9.17, 15) is 9.59 Å². The molecule has 19 heavy (non-hydrogen) atoms. The quantitative estimate of drug-likeness (QED) is 0.575. The number of carbonyl (C=O) groups is 2. The lowest BCUT2D eigenvalue weighted by Crippen LogP contribution is -2.41. The molecule has 6 nitrogen and oxygen atoms in total. The van der Waals surface area contributed by atoms with Crippen LogP contribution in [0.4, 0.5) is 4.79 Å². The zero-order valence-electron chi connectivity index (χ0n) is 12.5. The van der Waals surface area contributed by atoms with Gasteiger partial charge in [-0.25, -0.2) is 9.86 Å². The number of carbonyl (C=O) groups excluding carboxylic acids is 2. The van der Waals surface area contributed by atoms with E-state index >= 15 is 0 Å². The van der Waals surface area contributed by atoms with Crippen LogP contribution in [0.5, 0.6) is 0 Å². The Morgan fingerprint density at radius 1 is 1.37 bits per heavy atom. The van der Waals surface area contributed by atoms with Gasteiger partial charge in [-0.1, -0.05) is 19.8 Å². The van der Waals surface area contributed by atoms with Gasteiger partial charge in [0.05, 0.1) is 0 Å². The van der Waals surface area contributed by atoms with Crippen molar-refractivity contribution >= 4 is 12.0 Å². The molecule has 0 unspecified atom stereocenters. The summed E-state index contributed by atoms with van der Waals surface area (Å²) < 4.78 is 5.15. The van der Waals surface area contributed by atoms with Crippen LogP contribution in [0.25, 0.3) is 0 Å². The lowest BCUT2D eigenvalue weighted by molar-refractivity contribution is -0.159. The van der Waals surface area contributed by atoms with E-state index in [1.165, 1.54) is 7.05 Å².